The molecular formula is C14H14N4S2. The predicted molar refractivity (Wildman–Crippen MR) is 82.0 cm³/mol. The minimum atomic E-state index is 0.737. The zero-order chi connectivity index (χ0) is 13.8. The molecule has 2 heterocycles. The lowest BCUT2D eigenvalue weighted by molar-refractivity contribution is 0.608. The van der Waals surface area contributed by atoms with Crippen LogP contribution in [-0.4, -0.2) is 20.2 Å². The third-order valence-corrected chi connectivity index (χ3v) is 4.87. The largest absolute Gasteiger partial charge is 0.215 e. The second kappa shape index (κ2) is 6.19. The Hall–Kier alpha value is -1.66. The van der Waals surface area contributed by atoms with Crippen molar-refractivity contribution in [3.63, 3.8) is 0 Å². The second-order valence-electron chi connectivity index (χ2n) is 4.41. The molecule has 0 spiro atoms. The minimum absolute atomic E-state index is 0.737. The highest BCUT2D eigenvalue weighted by atomic mass is 32.2. The van der Waals surface area contributed by atoms with Crippen LogP contribution in [0.1, 0.15) is 16.0 Å². The monoisotopic (exact) mass is 302 g/mol. The van der Waals surface area contributed by atoms with Gasteiger partial charge in [-0.1, -0.05) is 42.1 Å². The molecule has 0 bridgehead atoms. The van der Waals surface area contributed by atoms with E-state index in [9.17, 15) is 0 Å². The Morgan fingerprint density at radius 2 is 2.10 bits per heavy atom. The number of rotatable bonds is 5. The molecule has 0 aliphatic carbocycles. The van der Waals surface area contributed by atoms with Gasteiger partial charge < -0.3 is 0 Å². The second-order valence-corrected chi connectivity index (χ2v) is 6.39. The maximum Gasteiger partial charge on any atom is 0.209 e. The Morgan fingerprint density at radius 1 is 1.20 bits per heavy atom. The molecule has 1 aromatic carbocycles. The van der Waals surface area contributed by atoms with Gasteiger partial charge in [-0.3, -0.25) is 0 Å². The zero-order valence-electron chi connectivity index (χ0n) is 11.1. The van der Waals surface area contributed by atoms with Crippen LogP contribution < -0.4 is 0 Å². The first-order chi connectivity index (χ1) is 9.83. The third kappa shape index (κ3) is 3.08. The molecule has 20 heavy (non-hydrogen) atoms. The summed E-state index contributed by atoms with van der Waals surface area (Å²) in [6.45, 7) is 2.87. The molecule has 6 heteroatoms. The number of thiophene rings is 1. The van der Waals surface area contributed by atoms with Crippen molar-refractivity contribution in [2.45, 2.75) is 24.4 Å². The fraction of sp³-hybridized carbons (Fsp3) is 0.214. The zero-order valence-corrected chi connectivity index (χ0v) is 12.7. The lowest BCUT2D eigenvalue weighted by atomic mass is 10.1. The van der Waals surface area contributed by atoms with Gasteiger partial charge in [-0.05, 0) is 39.9 Å². The summed E-state index contributed by atoms with van der Waals surface area (Å²) in [5.74, 6) is 0.886. The SMILES string of the molecule is Cc1ccccc1CSc1nnnn1Cc1cccs1. The first-order valence-electron chi connectivity index (χ1n) is 6.29. The average Bonchev–Trinajstić information content (AvgIpc) is 3.10. The van der Waals surface area contributed by atoms with Gasteiger partial charge in [0.2, 0.25) is 5.16 Å². The molecule has 4 nitrogen and oxygen atoms in total. The van der Waals surface area contributed by atoms with E-state index in [1.54, 1.807) is 23.1 Å². The summed E-state index contributed by atoms with van der Waals surface area (Å²) in [4.78, 5) is 1.26. The number of tetrazole rings is 1. The number of nitrogens with zero attached hydrogens (tertiary/aromatic N) is 4. The van der Waals surface area contributed by atoms with E-state index >= 15 is 0 Å². The summed E-state index contributed by atoms with van der Waals surface area (Å²) in [7, 11) is 0. The highest BCUT2D eigenvalue weighted by Crippen LogP contribution is 2.22. The Balaban J connectivity index is 1.69. The molecule has 2 aromatic heterocycles. The number of aryl methyl sites for hydroxylation is 1. The van der Waals surface area contributed by atoms with Gasteiger partial charge in [-0.25, -0.2) is 4.68 Å². The number of aromatic nitrogens is 4. The summed E-state index contributed by atoms with van der Waals surface area (Å²) in [6.07, 6.45) is 0. The molecule has 0 fully saturated rings. The van der Waals surface area contributed by atoms with Gasteiger partial charge in [0.05, 0.1) is 6.54 Å². The lowest BCUT2D eigenvalue weighted by Gasteiger charge is -2.05. The van der Waals surface area contributed by atoms with Crippen LogP contribution in [0.2, 0.25) is 0 Å². The molecule has 0 N–H and O–H groups in total. The molecule has 3 aromatic rings. The summed E-state index contributed by atoms with van der Waals surface area (Å²) in [5, 5.41) is 14.9. The van der Waals surface area contributed by atoms with Crippen LogP contribution in [-0.2, 0) is 12.3 Å². The molecule has 3 rings (SSSR count). The molecule has 0 saturated heterocycles. The van der Waals surface area contributed by atoms with Gasteiger partial charge in [0.1, 0.15) is 0 Å². The smallest absolute Gasteiger partial charge is 0.209 e. The van der Waals surface area contributed by atoms with Crippen molar-refractivity contribution in [1.29, 1.82) is 0 Å². The van der Waals surface area contributed by atoms with Crippen molar-refractivity contribution >= 4 is 23.1 Å². The fourth-order valence-corrected chi connectivity index (χ4v) is 3.50. The molecule has 0 amide bonds. The van der Waals surface area contributed by atoms with Gasteiger partial charge in [0, 0.05) is 10.6 Å². The molecule has 0 radical (unpaired) electrons. The van der Waals surface area contributed by atoms with Gasteiger partial charge in [-0.2, -0.15) is 0 Å². The van der Waals surface area contributed by atoms with Crippen molar-refractivity contribution < 1.29 is 0 Å². The van der Waals surface area contributed by atoms with Crippen molar-refractivity contribution in [1.82, 2.24) is 20.2 Å². The molecule has 0 aliphatic heterocycles. The molecule has 0 unspecified atom stereocenters. The summed E-state index contributed by atoms with van der Waals surface area (Å²) < 4.78 is 1.86. The summed E-state index contributed by atoms with van der Waals surface area (Å²) in [6, 6.07) is 12.6. The normalized spacial score (nSPS) is 10.8. The van der Waals surface area contributed by atoms with E-state index in [1.807, 2.05) is 10.7 Å². The number of hydrogen-bond donors (Lipinski definition) is 0. The van der Waals surface area contributed by atoms with Crippen LogP contribution in [0, 0.1) is 6.92 Å². The molecule has 0 aliphatic rings. The van der Waals surface area contributed by atoms with E-state index < -0.39 is 0 Å². The van der Waals surface area contributed by atoms with Gasteiger partial charge in [0.15, 0.2) is 0 Å². The maximum absolute atomic E-state index is 4.11. The van der Waals surface area contributed by atoms with E-state index in [-0.39, 0.29) is 0 Å². The van der Waals surface area contributed by atoms with Gasteiger partial charge in [-0.15, -0.1) is 16.4 Å². The van der Waals surface area contributed by atoms with Gasteiger partial charge >= 0.3 is 0 Å². The van der Waals surface area contributed by atoms with Crippen LogP contribution in [0.15, 0.2) is 46.9 Å². The van der Waals surface area contributed by atoms with E-state index in [2.05, 4.69) is 58.2 Å². The van der Waals surface area contributed by atoms with Crippen molar-refractivity contribution in [2.75, 3.05) is 0 Å². The Bertz CT molecular complexity index is 676. The van der Waals surface area contributed by atoms with E-state index in [0.29, 0.717) is 0 Å². The van der Waals surface area contributed by atoms with Crippen LogP contribution in [0.3, 0.4) is 0 Å². The van der Waals surface area contributed by atoms with Crippen molar-refractivity contribution in [3.05, 3.63) is 57.8 Å². The summed E-state index contributed by atoms with van der Waals surface area (Å²) >= 11 is 3.40. The highest BCUT2D eigenvalue weighted by molar-refractivity contribution is 7.98. The minimum Gasteiger partial charge on any atom is -0.215 e. The van der Waals surface area contributed by atoms with Crippen molar-refractivity contribution in [3.8, 4) is 0 Å². The first-order valence-corrected chi connectivity index (χ1v) is 8.15. The number of hydrogen-bond acceptors (Lipinski definition) is 5. The van der Waals surface area contributed by atoms with Crippen molar-refractivity contribution in [2.24, 2.45) is 0 Å². The molecular weight excluding hydrogens is 288 g/mol. The van der Waals surface area contributed by atoms with Crippen LogP contribution in [0.5, 0.6) is 0 Å². The third-order valence-electron chi connectivity index (χ3n) is 3.00. The van der Waals surface area contributed by atoms with E-state index in [0.717, 1.165) is 17.5 Å². The Labute approximate surface area is 125 Å². The highest BCUT2D eigenvalue weighted by Gasteiger charge is 2.09. The standard InChI is InChI=1S/C14H14N4S2/c1-11-5-2-3-6-12(11)10-20-14-15-16-17-18(14)9-13-7-4-8-19-13/h2-8H,9-10H2,1H3. The first kappa shape index (κ1) is 13.3. The van der Waals surface area contributed by atoms with Crippen LogP contribution >= 0.6 is 23.1 Å². The Morgan fingerprint density at radius 3 is 2.90 bits per heavy atom. The van der Waals surface area contributed by atoms with E-state index in [4.69, 9.17) is 0 Å². The maximum atomic E-state index is 4.11. The quantitative estimate of drug-likeness (QED) is 0.678. The van der Waals surface area contributed by atoms with Crippen LogP contribution in [0.25, 0.3) is 0 Å². The van der Waals surface area contributed by atoms with Crippen LogP contribution in [0.4, 0.5) is 0 Å². The molecule has 0 atom stereocenters. The molecule has 102 valence electrons. The summed E-state index contributed by atoms with van der Waals surface area (Å²) in [5.41, 5.74) is 2.63. The number of benzene rings is 1. The number of thioether (sulfide) groups is 1. The average molecular weight is 302 g/mol. The topological polar surface area (TPSA) is 43.6 Å². The fourth-order valence-electron chi connectivity index (χ4n) is 1.86. The van der Waals surface area contributed by atoms with Gasteiger partial charge in [0.25, 0.3) is 0 Å². The predicted octanol–water partition coefficient (Wildman–Crippen LogP) is 3.38. The lowest BCUT2D eigenvalue weighted by Crippen LogP contribution is -2.02. The molecule has 0 saturated carbocycles. The van der Waals surface area contributed by atoms with E-state index in [1.165, 1.54) is 16.0 Å². The Kier molecular flexibility index (Phi) is 4.13.